The van der Waals surface area contributed by atoms with Gasteiger partial charge in [0.25, 0.3) is 5.91 Å². The lowest BCUT2D eigenvalue weighted by molar-refractivity contribution is -0.138. The topological polar surface area (TPSA) is 86.7 Å². The molecule has 25 heavy (non-hydrogen) atoms. The number of anilines is 1. The Kier molecular flexibility index (Phi) is 6.12. The van der Waals surface area contributed by atoms with Gasteiger partial charge >= 0.3 is 5.97 Å². The third-order valence-electron chi connectivity index (χ3n) is 4.13. The molecule has 2 amide bonds. The van der Waals surface area contributed by atoms with Gasteiger partial charge in [0.15, 0.2) is 0 Å². The second-order valence-corrected chi connectivity index (χ2v) is 6.73. The van der Waals surface area contributed by atoms with Crippen LogP contribution in [-0.4, -0.2) is 40.4 Å². The monoisotopic (exact) mass is 350 g/mol. The molecule has 0 bridgehead atoms. The number of hydrogen-bond donors (Lipinski definition) is 2. The predicted octanol–water partition coefficient (Wildman–Crippen LogP) is 2.89. The highest BCUT2D eigenvalue weighted by Crippen LogP contribution is 2.24. The molecule has 7 heteroatoms. The molecule has 0 aromatic heterocycles. The van der Waals surface area contributed by atoms with Gasteiger partial charge in [0.1, 0.15) is 5.82 Å². The Labute approximate surface area is 146 Å². The average molecular weight is 350 g/mol. The predicted molar refractivity (Wildman–Crippen MR) is 90.8 cm³/mol. The van der Waals surface area contributed by atoms with Crippen molar-refractivity contribution in [1.82, 2.24) is 4.90 Å². The molecule has 0 saturated carbocycles. The van der Waals surface area contributed by atoms with Crippen LogP contribution in [0.4, 0.5) is 10.1 Å². The highest BCUT2D eigenvalue weighted by Gasteiger charge is 2.31. The number of carboxylic acid groups (broad SMARTS) is 1. The largest absolute Gasteiger partial charge is 0.481 e. The number of hydrogen-bond acceptors (Lipinski definition) is 3. The lowest BCUT2D eigenvalue weighted by atomic mass is 10.1. The van der Waals surface area contributed by atoms with Crippen LogP contribution in [0.15, 0.2) is 18.2 Å². The summed E-state index contributed by atoms with van der Waals surface area (Å²) in [6, 6.07) is 3.54. The Bertz CT molecular complexity index is 675. The van der Waals surface area contributed by atoms with E-state index in [1.165, 1.54) is 17.0 Å². The van der Waals surface area contributed by atoms with Gasteiger partial charge in [0.2, 0.25) is 5.91 Å². The lowest BCUT2D eigenvalue weighted by Crippen LogP contribution is -2.36. The van der Waals surface area contributed by atoms with Crippen molar-refractivity contribution in [2.75, 3.05) is 11.9 Å². The molecule has 1 aliphatic rings. The van der Waals surface area contributed by atoms with Crippen molar-refractivity contribution < 1.29 is 23.9 Å². The number of carbonyl (C=O) groups excluding carboxylic acids is 2. The summed E-state index contributed by atoms with van der Waals surface area (Å²) in [6.07, 6.45) is 1.53. The summed E-state index contributed by atoms with van der Waals surface area (Å²) < 4.78 is 14.2. The Morgan fingerprint density at radius 2 is 2.08 bits per heavy atom. The summed E-state index contributed by atoms with van der Waals surface area (Å²) in [5.74, 6) is -2.15. The fourth-order valence-electron chi connectivity index (χ4n) is 3.00. The van der Waals surface area contributed by atoms with Gasteiger partial charge in [-0.1, -0.05) is 13.8 Å². The van der Waals surface area contributed by atoms with E-state index in [2.05, 4.69) is 5.32 Å². The van der Waals surface area contributed by atoms with Gasteiger partial charge in [0.05, 0.1) is 12.1 Å². The summed E-state index contributed by atoms with van der Waals surface area (Å²) in [6.45, 7) is 4.24. The molecule has 1 aromatic carbocycles. The highest BCUT2D eigenvalue weighted by molar-refractivity contribution is 5.96. The minimum absolute atomic E-state index is 0.0331. The molecule has 1 atom stereocenters. The zero-order chi connectivity index (χ0) is 18.6. The highest BCUT2D eigenvalue weighted by atomic mass is 19.1. The van der Waals surface area contributed by atoms with Crippen LogP contribution in [0.5, 0.6) is 0 Å². The maximum atomic E-state index is 14.2. The third-order valence-corrected chi connectivity index (χ3v) is 4.13. The van der Waals surface area contributed by atoms with Crippen molar-refractivity contribution in [3.63, 3.8) is 0 Å². The van der Waals surface area contributed by atoms with E-state index in [0.717, 1.165) is 12.5 Å². The van der Waals surface area contributed by atoms with E-state index in [4.69, 9.17) is 5.11 Å². The smallest absolute Gasteiger partial charge is 0.305 e. The number of aliphatic carboxylic acids is 1. The molecule has 1 saturated heterocycles. The molecule has 136 valence electrons. The van der Waals surface area contributed by atoms with E-state index in [1.807, 2.05) is 13.8 Å². The van der Waals surface area contributed by atoms with E-state index < -0.39 is 11.8 Å². The van der Waals surface area contributed by atoms with Crippen LogP contribution < -0.4 is 5.32 Å². The summed E-state index contributed by atoms with van der Waals surface area (Å²) in [5, 5.41) is 11.4. The van der Waals surface area contributed by atoms with Crippen LogP contribution in [0.3, 0.4) is 0 Å². The van der Waals surface area contributed by atoms with Gasteiger partial charge in [-0.15, -0.1) is 0 Å². The molecule has 0 radical (unpaired) electrons. The van der Waals surface area contributed by atoms with Crippen molar-refractivity contribution in [2.45, 2.75) is 45.6 Å². The van der Waals surface area contributed by atoms with Gasteiger partial charge in [-0.25, -0.2) is 4.39 Å². The molecular formula is C18H23FN2O4. The minimum atomic E-state index is -0.959. The number of amides is 2. The molecule has 1 unspecified atom stereocenters. The molecule has 1 aliphatic heterocycles. The zero-order valence-electron chi connectivity index (χ0n) is 14.4. The third kappa shape index (κ3) is 5.01. The molecular weight excluding hydrogens is 327 g/mol. The molecule has 1 heterocycles. The van der Waals surface area contributed by atoms with Gasteiger partial charge in [-0.3, -0.25) is 14.4 Å². The van der Waals surface area contributed by atoms with Crippen molar-refractivity contribution >= 4 is 23.5 Å². The fraction of sp³-hybridized carbons (Fsp3) is 0.500. The van der Waals surface area contributed by atoms with Crippen LogP contribution in [0, 0.1) is 11.7 Å². The Morgan fingerprint density at radius 1 is 1.36 bits per heavy atom. The number of benzene rings is 1. The summed E-state index contributed by atoms with van der Waals surface area (Å²) in [7, 11) is 0. The maximum absolute atomic E-state index is 14.2. The molecule has 0 spiro atoms. The first-order valence-electron chi connectivity index (χ1n) is 8.40. The van der Waals surface area contributed by atoms with Crippen molar-refractivity contribution in [3.8, 4) is 0 Å². The Morgan fingerprint density at radius 3 is 2.68 bits per heavy atom. The van der Waals surface area contributed by atoms with Crippen LogP contribution in [0.2, 0.25) is 0 Å². The number of carboxylic acids is 1. The second-order valence-electron chi connectivity index (χ2n) is 6.73. The van der Waals surface area contributed by atoms with Crippen molar-refractivity contribution in [3.05, 3.63) is 29.6 Å². The van der Waals surface area contributed by atoms with E-state index in [-0.39, 0.29) is 47.9 Å². The SMILES string of the molecule is CC(C)CC(=O)Nc1ccc(C(=O)N2CCCC2CC(=O)O)cc1F. The molecule has 2 N–H and O–H groups in total. The lowest BCUT2D eigenvalue weighted by Gasteiger charge is -2.23. The first-order chi connectivity index (χ1) is 11.8. The van der Waals surface area contributed by atoms with Crippen LogP contribution in [-0.2, 0) is 9.59 Å². The number of nitrogens with zero attached hydrogens (tertiary/aromatic N) is 1. The van der Waals surface area contributed by atoms with E-state index in [0.29, 0.717) is 13.0 Å². The number of halogens is 1. The molecule has 2 rings (SSSR count). The minimum Gasteiger partial charge on any atom is -0.481 e. The number of nitrogens with one attached hydrogen (secondary N) is 1. The summed E-state index contributed by atoms with van der Waals surface area (Å²) in [5.41, 5.74) is 0.183. The molecule has 1 aromatic rings. The number of rotatable bonds is 6. The van der Waals surface area contributed by atoms with Gasteiger partial charge in [-0.2, -0.15) is 0 Å². The summed E-state index contributed by atoms with van der Waals surface area (Å²) >= 11 is 0. The van der Waals surface area contributed by atoms with E-state index in [1.54, 1.807) is 0 Å². The first kappa shape index (κ1) is 18.9. The number of likely N-dealkylation sites (tertiary alicyclic amines) is 1. The van der Waals surface area contributed by atoms with Crippen molar-refractivity contribution in [1.29, 1.82) is 0 Å². The van der Waals surface area contributed by atoms with Crippen LogP contribution >= 0.6 is 0 Å². The quantitative estimate of drug-likeness (QED) is 0.826. The van der Waals surface area contributed by atoms with Crippen molar-refractivity contribution in [2.24, 2.45) is 5.92 Å². The zero-order valence-corrected chi connectivity index (χ0v) is 14.4. The average Bonchev–Trinajstić information content (AvgIpc) is 2.95. The molecule has 6 nitrogen and oxygen atoms in total. The summed E-state index contributed by atoms with van der Waals surface area (Å²) in [4.78, 5) is 36.7. The van der Waals surface area contributed by atoms with E-state index in [9.17, 15) is 18.8 Å². The van der Waals surface area contributed by atoms with E-state index >= 15 is 0 Å². The van der Waals surface area contributed by atoms with Crippen LogP contribution in [0.25, 0.3) is 0 Å². The Hall–Kier alpha value is -2.44. The second kappa shape index (κ2) is 8.09. The maximum Gasteiger partial charge on any atom is 0.305 e. The number of carbonyl (C=O) groups is 3. The van der Waals surface area contributed by atoms with Gasteiger partial charge < -0.3 is 15.3 Å². The first-order valence-corrected chi connectivity index (χ1v) is 8.40. The molecule has 1 fully saturated rings. The fourth-order valence-corrected chi connectivity index (χ4v) is 3.00. The van der Waals surface area contributed by atoms with Gasteiger partial charge in [-0.05, 0) is 37.0 Å². The Balaban J connectivity index is 2.10. The molecule has 0 aliphatic carbocycles. The van der Waals surface area contributed by atoms with Crippen LogP contribution in [0.1, 0.15) is 49.9 Å². The normalized spacial score (nSPS) is 17.0. The van der Waals surface area contributed by atoms with Gasteiger partial charge in [0, 0.05) is 24.6 Å². The standard InChI is InChI=1S/C18H23FN2O4/c1-11(2)8-16(22)20-15-6-5-12(9-14(15)19)18(25)21-7-3-4-13(21)10-17(23)24/h5-6,9,11,13H,3-4,7-8,10H2,1-2H3,(H,20,22)(H,23,24).